The molecule has 5 rings (SSSR count). The van der Waals surface area contributed by atoms with E-state index < -0.39 is 0 Å². The van der Waals surface area contributed by atoms with E-state index in [1.807, 2.05) is 78.2 Å². The van der Waals surface area contributed by atoms with Gasteiger partial charge in [-0.2, -0.15) is 5.10 Å². The lowest BCUT2D eigenvalue weighted by atomic mass is 9.99. The summed E-state index contributed by atoms with van der Waals surface area (Å²) < 4.78 is 7.75. The Balaban J connectivity index is 1.33. The van der Waals surface area contributed by atoms with Gasteiger partial charge in [-0.15, -0.1) is 0 Å². The van der Waals surface area contributed by atoms with Crippen molar-refractivity contribution in [3.8, 4) is 5.69 Å². The normalized spacial score (nSPS) is 16.7. The number of aryl methyl sites for hydroxylation is 2. The Morgan fingerprint density at radius 1 is 1.09 bits per heavy atom. The molecule has 2 aromatic carbocycles. The third kappa shape index (κ3) is 4.66. The van der Waals surface area contributed by atoms with Crippen LogP contribution in [0.1, 0.15) is 27.3 Å². The number of ether oxygens (including phenoxy) is 1. The fraction of sp³-hybridized carbons (Fsp3) is 0.296. The molecule has 2 aromatic heterocycles. The number of para-hydroxylation sites is 1. The third-order valence-corrected chi connectivity index (χ3v) is 6.14. The van der Waals surface area contributed by atoms with Crippen LogP contribution < -0.4 is 0 Å². The van der Waals surface area contributed by atoms with Crippen molar-refractivity contribution >= 4 is 16.8 Å². The largest absolute Gasteiger partial charge is 0.379 e. The Morgan fingerprint density at radius 2 is 1.97 bits per heavy atom. The van der Waals surface area contributed by atoms with Gasteiger partial charge in [0, 0.05) is 41.8 Å². The number of hydrogen-bond donors (Lipinski definition) is 0. The first-order valence-corrected chi connectivity index (χ1v) is 11.4. The number of nitrogens with zero attached hydrogens (tertiary/aromatic N) is 4. The highest BCUT2D eigenvalue weighted by Crippen LogP contribution is 2.20. The van der Waals surface area contributed by atoms with Gasteiger partial charge >= 0.3 is 0 Å². The molecule has 168 valence electrons. The Kier molecular flexibility index (Phi) is 5.92. The molecular formula is C27H28N4O2. The first kappa shape index (κ1) is 21.3. The van der Waals surface area contributed by atoms with E-state index in [-0.39, 0.29) is 11.8 Å². The minimum absolute atomic E-state index is 0.0329. The summed E-state index contributed by atoms with van der Waals surface area (Å²) in [6.07, 6.45) is 2.77. The highest BCUT2D eigenvalue weighted by molar-refractivity contribution is 5.94. The van der Waals surface area contributed by atoms with Crippen LogP contribution in [0, 0.1) is 19.8 Å². The predicted octanol–water partition coefficient (Wildman–Crippen LogP) is 4.37. The van der Waals surface area contributed by atoms with Crippen molar-refractivity contribution in [2.75, 3.05) is 26.3 Å². The maximum atomic E-state index is 13.4. The van der Waals surface area contributed by atoms with Crippen molar-refractivity contribution in [1.29, 1.82) is 0 Å². The van der Waals surface area contributed by atoms with Crippen LogP contribution in [0.15, 0.2) is 66.9 Å². The summed E-state index contributed by atoms with van der Waals surface area (Å²) in [4.78, 5) is 19.9. The van der Waals surface area contributed by atoms with E-state index in [0.29, 0.717) is 31.9 Å². The molecule has 0 saturated carbocycles. The zero-order chi connectivity index (χ0) is 22.8. The van der Waals surface area contributed by atoms with Gasteiger partial charge in [-0.1, -0.05) is 24.3 Å². The van der Waals surface area contributed by atoms with Crippen LogP contribution in [0.3, 0.4) is 0 Å². The molecule has 4 aromatic rings. The van der Waals surface area contributed by atoms with Crippen molar-refractivity contribution in [2.45, 2.75) is 20.3 Å². The first-order chi connectivity index (χ1) is 16.1. The molecule has 0 N–H and O–H groups in total. The number of rotatable bonds is 4. The maximum Gasteiger partial charge on any atom is 0.254 e. The molecular weight excluding hydrogens is 412 g/mol. The average Bonchev–Trinajstić information content (AvgIpc) is 3.02. The molecule has 0 spiro atoms. The SMILES string of the molecule is Cc1cc(C)n(-c2cccc(C(=O)N3CCOC[C@@H](Cc4cnc5ccccc5c4)C3)c2)n1. The van der Waals surface area contributed by atoms with E-state index in [2.05, 4.69) is 22.2 Å². The van der Waals surface area contributed by atoms with Gasteiger partial charge < -0.3 is 9.64 Å². The fourth-order valence-electron chi connectivity index (χ4n) is 4.59. The number of pyridine rings is 1. The fourth-order valence-corrected chi connectivity index (χ4v) is 4.59. The number of fused-ring (bicyclic) bond motifs is 1. The molecule has 1 amide bonds. The second-order valence-corrected chi connectivity index (χ2v) is 8.82. The van der Waals surface area contributed by atoms with E-state index in [0.717, 1.165) is 34.4 Å². The molecule has 0 radical (unpaired) electrons. The van der Waals surface area contributed by atoms with Crippen molar-refractivity contribution in [1.82, 2.24) is 19.7 Å². The van der Waals surface area contributed by atoms with Crippen LogP contribution in [-0.4, -0.2) is 51.9 Å². The third-order valence-electron chi connectivity index (χ3n) is 6.14. The Labute approximate surface area is 193 Å². The van der Waals surface area contributed by atoms with E-state index in [1.54, 1.807) is 0 Å². The summed E-state index contributed by atoms with van der Waals surface area (Å²) in [5.41, 5.74) is 5.74. The van der Waals surface area contributed by atoms with Gasteiger partial charge in [-0.25, -0.2) is 4.68 Å². The van der Waals surface area contributed by atoms with Crippen LogP contribution in [-0.2, 0) is 11.2 Å². The smallest absolute Gasteiger partial charge is 0.254 e. The average molecular weight is 441 g/mol. The second-order valence-electron chi connectivity index (χ2n) is 8.82. The standard InChI is InChI=1S/C27H28N4O2/c1-19-12-20(2)31(29-19)25-8-5-7-24(15-25)27(32)30-10-11-33-18-22(17-30)13-21-14-23-6-3-4-9-26(23)28-16-21/h3-9,12,14-16,22H,10-11,13,17-18H2,1-2H3/t22-/m0/s1. The molecule has 33 heavy (non-hydrogen) atoms. The Hall–Kier alpha value is -3.51. The van der Waals surface area contributed by atoms with Crippen LogP contribution in [0.5, 0.6) is 0 Å². The summed E-state index contributed by atoms with van der Waals surface area (Å²) in [5, 5.41) is 5.69. The number of amides is 1. The molecule has 0 bridgehead atoms. The molecule has 1 fully saturated rings. The van der Waals surface area contributed by atoms with Gasteiger partial charge in [0.05, 0.1) is 30.1 Å². The van der Waals surface area contributed by atoms with E-state index in [4.69, 9.17) is 4.74 Å². The van der Waals surface area contributed by atoms with Gasteiger partial charge in [0.25, 0.3) is 5.91 Å². The van der Waals surface area contributed by atoms with E-state index in [9.17, 15) is 4.79 Å². The molecule has 6 heteroatoms. The maximum absolute atomic E-state index is 13.4. The topological polar surface area (TPSA) is 60.2 Å². The summed E-state index contributed by atoms with van der Waals surface area (Å²) in [6.45, 7) is 6.44. The zero-order valence-corrected chi connectivity index (χ0v) is 19.1. The lowest BCUT2D eigenvalue weighted by molar-refractivity contribution is 0.0737. The molecule has 0 unspecified atom stereocenters. The van der Waals surface area contributed by atoms with Gasteiger partial charge in [0.15, 0.2) is 0 Å². The van der Waals surface area contributed by atoms with Gasteiger partial charge in [0.2, 0.25) is 0 Å². The van der Waals surface area contributed by atoms with Crippen molar-refractivity contribution in [2.24, 2.45) is 5.92 Å². The highest BCUT2D eigenvalue weighted by atomic mass is 16.5. The van der Waals surface area contributed by atoms with Crippen molar-refractivity contribution in [3.63, 3.8) is 0 Å². The second kappa shape index (κ2) is 9.16. The molecule has 1 saturated heterocycles. The number of benzene rings is 2. The minimum atomic E-state index is 0.0329. The minimum Gasteiger partial charge on any atom is -0.379 e. The summed E-state index contributed by atoms with van der Waals surface area (Å²) in [6, 6.07) is 20.1. The Morgan fingerprint density at radius 3 is 2.82 bits per heavy atom. The molecule has 0 aliphatic carbocycles. The summed E-state index contributed by atoms with van der Waals surface area (Å²) >= 11 is 0. The lowest BCUT2D eigenvalue weighted by Gasteiger charge is -2.24. The van der Waals surface area contributed by atoms with Crippen LogP contribution in [0.25, 0.3) is 16.6 Å². The van der Waals surface area contributed by atoms with Gasteiger partial charge in [-0.3, -0.25) is 9.78 Å². The molecule has 1 aliphatic rings. The molecule has 6 nitrogen and oxygen atoms in total. The molecule has 3 heterocycles. The predicted molar refractivity (Wildman–Crippen MR) is 129 cm³/mol. The van der Waals surface area contributed by atoms with Crippen LogP contribution >= 0.6 is 0 Å². The quantitative estimate of drug-likeness (QED) is 0.473. The van der Waals surface area contributed by atoms with Crippen molar-refractivity contribution in [3.05, 3.63) is 89.4 Å². The first-order valence-electron chi connectivity index (χ1n) is 11.4. The van der Waals surface area contributed by atoms with E-state index >= 15 is 0 Å². The molecule has 1 atom stereocenters. The Bertz CT molecular complexity index is 1300. The van der Waals surface area contributed by atoms with Gasteiger partial charge in [-0.05, 0) is 62.2 Å². The van der Waals surface area contributed by atoms with E-state index in [1.165, 1.54) is 5.56 Å². The number of hydrogen-bond acceptors (Lipinski definition) is 4. The number of aromatic nitrogens is 3. The van der Waals surface area contributed by atoms with Crippen molar-refractivity contribution < 1.29 is 9.53 Å². The monoisotopic (exact) mass is 440 g/mol. The number of carbonyl (C=O) groups is 1. The van der Waals surface area contributed by atoms with Crippen LogP contribution in [0.2, 0.25) is 0 Å². The highest BCUT2D eigenvalue weighted by Gasteiger charge is 2.24. The summed E-state index contributed by atoms with van der Waals surface area (Å²) in [5.74, 6) is 0.254. The molecule has 1 aliphatic heterocycles. The number of carbonyl (C=O) groups excluding carboxylic acids is 1. The van der Waals surface area contributed by atoms with Crippen LogP contribution in [0.4, 0.5) is 0 Å². The van der Waals surface area contributed by atoms with Gasteiger partial charge in [0.1, 0.15) is 0 Å². The summed E-state index contributed by atoms with van der Waals surface area (Å²) in [7, 11) is 0. The zero-order valence-electron chi connectivity index (χ0n) is 19.1. The lowest BCUT2D eigenvalue weighted by Crippen LogP contribution is -2.36.